The van der Waals surface area contributed by atoms with Crippen LogP contribution in [0.5, 0.6) is 0 Å². The Morgan fingerprint density at radius 2 is 1.82 bits per heavy atom. The molecule has 0 bridgehead atoms. The minimum absolute atomic E-state index is 0.250. The van der Waals surface area contributed by atoms with E-state index in [1.165, 1.54) is 7.11 Å². The summed E-state index contributed by atoms with van der Waals surface area (Å²) in [4.78, 5) is 13.0. The number of methoxy groups -OCH3 is 1. The third-order valence-electron chi connectivity index (χ3n) is 5.67. The lowest BCUT2D eigenvalue weighted by Crippen LogP contribution is -2.29. The fourth-order valence-corrected chi connectivity index (χ4v) is 5.18. The first-order valence-electron chi connectivity index (χ1n) is 11.0. The van der Waals surface area contributed by atoms with E-state index in [4.69, 9.17) is 21.1 Å². The molecule has 0 spiro atoms. The number of fused-ring (bicyclic) bond motifs is 1. The number of esters is 1. The Balaban J connectivity index is 2.46. The van der Waals surface area contributed by atoms with Gasteiger partial charge in [0.15, 0.2) is 6.10 Å². The molecule has 1 aromatic heterocycles. The Bertz CT molecular complexity index is 1200. The summed E-state index contributed by atoms with van der Waals surface area (Å²) in [5.41, 5.74) is 4.61. The van der Waals surface area contributed by atoms with E-state index in [1.807, 2.05) is 69.5 Å². The number of carbonyl (C=O) groups excluding carboxylic acids is 1. The largest absolute Gasteiger partial charge is 0.467 e. The van der Waals surface area contributed by atoms with Crippen molar-refractivity contribution < 1.29 is 24.5 Å². The van der Waals surface area contributed by atoms with Crippen LogP contribution in [0.15, 0.2) is 30.3 Å². The van der Waals surface area contributed by atoms with E-state index in [1.54, 1.807) is 0 Å². The number of aliphatic hydroxyl groups is 2. The normalized spacial score (nSPS) is 13.8. The van der Waals surface area contributed by atoms with E-state index in [2.05, 4.69) is 22.6 Å². The molecule has 0 saturated heterocycles. The summed E-state index contributed by atoms with van der Waals surface area (Å²) < 4.78 is 14.4. The number of benzene rings is 2. The first-order valence-corrected chi connectivity index (χ1v) is 12.5. The molecule has 6 nitrogen and oxygen atoms in total. The second-order valence-electron chi connectivity index (χ2n) is 9.36. The highest BCUT2D eigenvalue weighted by Crippen LogP contribution is 2.44. The van der Waals surface area contributed by atoms with Crippen molar-refractivity contribution in [1.82, 2.24) is 4.57 Å². The van der Waals surface area contributed by atoms with Gasteiger partial charge in [-0.2, -0.15) is 0 Å². The minimum atomic E-state index is -0.944. The summed E-state index contributed by atoms with van der Waals surface area (Å²) >= 11 is 8.46. The van der Waals surface area contributed by atoms with Gasteiger partial charge in [0.25, 0.3) is 0 Å². The minimum Gasteiger partial charge on any atom is -0.467 e. The number of hydrogen-bond donors (Lipinski definition) is 2. The van der Waals surface area contributed by atoms with Gasteiger partial charge in [0.2, 0.25) is 0 Å². The molecule has 2 atom stereocenters. The van der Waals surface area contributed by atoms with E-state index >= 15 is 0 Å². The third-order valence-corrected chi connectivity index (χ3v) is 7.24. The molecule has 0 saturated carbocycles. The van der Waals surface area contributed by atoms with Gasteiger partial charge in [0, 0.05) is 25.2 Å². The van der Waals surface area contributed by atoms with Crippen molar-refractivity contribution in [3.8, 4) is 11.1 Å². The first kappa shape index (κ1) is 26.9. The number of nitrogens with zero attached hydrogens (tertiary/aromatic N) is 1. The molecular weight excluding hydrogens is 569 g/mol. The number of halogens is 2. The number of rotatable bonds is 7. The Hall–Kier alpha value is -1.65. The molecule has 8 heteroatoms. The average molecular weight is 600 g/mol. The van der Waals surface area contributed by atoms with Crippen molar-refractivity contribution in [3.63, 3.8) is 0 Å². The summed E-state index contributed by atoms with van der Waals surface area (Å²) in [5.74, 6) is -0.477. The lowest BCUT2D eigenvalue weighted by Gasteiger charge is -2.29. The maximum Gasteiger partial charge on any atom is 0.339 e. The van der Waals surface area contributed by atoms with Gasteiger partial charge in [-0.15, -0.1) is 0 Å². The third kappa shape index (κ3) is 5.44. The molecule has 0 radical (unpaired) electrons. The lowest BCUT2D eigenvalue weighted by atomic mass is 9.89. The molecule has 1 heterocycles. The highest BCUT2D eigenvalue weighted by atomic mass is 127. The zero-order valence-corrected chi connectivity index (χ0v) is 23.2. The van der Waals surface area contributed by atoms with E-state index < -0.39 is 23.8 Å². The summed E-state index contributed by atoms with van der Waals surface area (Å²) in [6.45, 7) is 9.56. The zero-order chi connectivity index (χ0) is 25.4. The number of ether oxygens (including phenoxy) is 2. The zero-order valence-electron chi connectivity index (χ0n) is 20.3. The van der Waals surface area contributed by atoms with Crippen molar-refractivity contribution in [2.24, 2.45) is 0 Å². The van der Waals surface area contributed by atoms with E-state index in [0.717, 1.165) is 42.4 Å². The quantitative estimate of drug-likeness (QED) is 0.274. The smallest absolute Gasteiger partial charge is 0.339 e. The molecule has 34 heavy (non-hydrogen) atoms. The van der Waals surface area contributed by atoms with Crippen LogP contribution in [0, 0.1) is 17.4 Å². The second-order valence-corrected chi connectivity index (χ2v) is 10.9. The molecular formula is C26H31ClINO5. The standard InChI is InChI=1S/C26H31ClINO5/c1-14-11-19-21(16-7-9-17(27)10-8-16)20(24(25(32)33-6)34-26(3,4)5)15(2)22(28)23(19)29(14)12-18(31)13-30/h7-11,18,24,30-31H,12-13H2,1-6H3/t18?,24-/m0/s1. The van der Waals surface area contributed by atoms with Crippen molar-refractivity contribution in [3.05, 3.63) is 55.7 Å². The number of aliphatic hydroxyl groups excluding tert-OH is 2. The van der Waals surface area contributed by atoms with Gasteiger partial charge >= 0.3 is 5.97 Å². The van der Waals surface area contributed by atoms with Crippen LogP contribution in [0.3, 0.4) is 0 Å². The Morgan fingerprint density at radius 3 is 2.35 bits per heavy atom. The topological polar surface area (TPSA) is 80.9 Å². The maximum absolute atomic E-state index is 13.0. The molecule has 0 fully saturated rings. The van der Waals surface area contributed by atoms with E-state index in [-0.39, 0.29) is 13.2 Å². The van der Waals surface area contributed by atoms with E-state index in [9.17, 15) is 15.0 Å². The van der Waals surface area contributed by atoms with Gasteiger partial charge < -0.3 is 24.3 Å². The van der Waals surface area contributed by atoms with Crippen LogP contribution >= 0.6 is 34.2 Å². The summed E-state index contributed by atoms with van der Waals surface area (Å²) in [5, 5.41) is 21.2. The predicted molar refractivity (Wildman–Crippen MR) is 143 cm³/mol. The Morgan fingerprint density at radius 1 is 1.21 bits per heavy atom. The molecule has 184 valence electrons. The molecule has 0 aliphatic heterocycles. The maximum atomic E-state index is 13.0. The molecule has 0 aliphatic rings. The molecule has 0 aliphatic carbocycles. The van der Waals surface area contributed by atoms with Crippen molar-refractivity contribution in [1.29, 1.82) is 0 Å². The monoisotopic (exact) mass is 599 g/mol. The lowest BCUT2D eigenvalue weighted by molar-refractivity contribution is -0.164. The van der Waals surface area contributed by atoms with Gasteiger partial charge in [-0.05, 0) is 92.1 Å². The fourth-order valence-electron chi connectivity index (χ4n) is 4.18. The fraction of sp³-hybridized carbons (Fsp3) is 0.423. The van der Waals surface area contributed by atoms with Gasteiger partial charge in [0.05, 0.1) is 37.5 Å². The number of aromatic nitrogens is 1. The molecule has 3 aromatic rings. The van der Waals surface area contributed by atoms with Gasteiger partial charge in [-0.25, -0.2) is 4.79 Å². The van der Waals surface area contributed by atoms with Gasteiger partial charge in [0.1, 0.15) is 0 Å². The highest BCUT2D eigenvalue weighted by molar-refractivity contribution is 14.1. The van der Waals surface area contributed by atoms with Gasteiger partial charge in [-0.3, -0.25) is 0 Å². The number of carbonyl (C=O) groups is 1. The number of aryl methyl sites for hydroxylation is 1. The molecule has 1 unspecified atom stereocenters. The summed E-state index contributed by atoms with van der Waals surface area (Å²) in [7, 11) is 1.36. The Labute approximate surface area is 219 Å². The van der Waals surface area contributed by atoms with Crippen LogP contribution in [0.2, 0.25) is 5.02 Å². The van der Waals surface area contributed by atoms with Crippen LogP contribution in [0.1, 0.15) is 43.7 Å². The van der Waals surface area contributed by atoms with Crippen LogP contribution in [-0.4, -0.2) is 46.2 Å². The summed E-state index contributed by atoms with van der Waals surface area (Å²) in [6.07, 6.45) is -1.84. The Kier molecular flexibility index (Phi) is 8.35. The van der Waals surface area contributed by atoms with Crippen LogP contribution in [0.4, 0.5) is 0 Å². The average Bonchev–Trinajstić information content (AvgIpc) is 3.09. The van der Waals surface area contributed by atoms with Crippen molar-refractivity contribution in [2.75, 3.05) is 13.7 Å². The van der Waals surface area contributed by atoms with Crippen molar-refractivity contribution in [2.45, 2.75) is 59.0 Å². The second kappa shape index (κ2) is 10.5. The van der Waals surface area contributed by atoms with Crippen LogP contribution in [-0.2, 0) is 20.8 Å². The first-order chi connectivity index (χ1) is 15.9. The van der Waals surface area contributed by atoms with Gasteiger partial charge in [-0.1, -0.05) is 23.7 Å². The number of hydrogen-bond acceptors (Lipinski definition) is 5. The summed E-state index contributed by atoms with van der Waals surface area (Å²) in [6, 6.07) is 9.52. The van der Waals surface area contributed by atoms with Crippen LogP contribution < -0.4 is 0 Å². The molecule has 0 amide bonds. The molecule has 2 N–H and O–H groups in total. The predicted octanol–water partition coefficient (Wildman–Crippen LogP) is 5.57. The van der Waals surface area contributed by atoms with Crippen molar-refractivity contribution >= 4 is 51.1 Å². The SMILES string of the molecule is COC(=O)[C@@H](OC(C)(C)C)c1c(C)c(I)c2c(cc(C)n2CC(O)CO)c1-c1ccc(Cl)cc1. The highest BCUT2D eigenvalue weighted by Gasteiger charge is 2.34. The molecule has 2 aromatic carbocycles. The molecule has 3 rings (SSSR count). The van der Waals surface area contributed by atoms with Crippen LogP contribution in [0.25, 0.3) is 22.0 Å². The van der Waals surface area contributed by atoms with E-state index in [0.29, 0.717) is 5.02 Å².